The molecule has 0 heterocycles. The molecule has 0 spiro atoms. The third-order valence-electron chi connectivity index (χ3n) is 0. The summed E-state index contributed by atoms with van der Waals surface area (Å²) in [5, 5.41) is 0. The predicted octanol–water partition coefficient (Wildman–Crippen LogP) is -4.02. The fraction of sp³-hybridized carbons (Fsp3) is 0. The Morgan fingerprint density at radius 3 is 1.20 bits per heavy atom. The first-order valence-electron chi connectivity index (χ1n) is 0.378. The van der Waals surface area contributed by atoms with E-state index in [1.165, 1.54) is 0 Å². The average Bonchev–Trinajstić information content (AvgIpc) is 0.918. The van der Waals surface area contributed by atoms with Crippen LogP contribution in [0, 0.1) is 0 Å². The van der Waals surface area contributed by atoms with Gasteiger partial charge in [-0.15, -0.1) is 0 Å². The van der Waals surface area contributed by atoms with Crippen molar-refractivity contribution in [3.8, 4) is 0 Å². The Balaban J connectivity index is -0.0000000200. The zero-order valence-electron chi connectivity index (χ0n) is 2.63. The molecule has 5 heteroatoms. The van der Waals surface area contributed by atoms with Crippen LogP contribution in [0.4, 0.5) is 0 Å². The van der Waals surface area contributed by atoms with Crippen LogP contribution in [0.15, 0.2) is 0 Å². The Morgan fingerprint density at radius 2 is 1.20 bits per heavy atom. The summed E-state index contributed by atoms with van der Waals surface area (Å²) in [6.45, 7) is 0. The molecule has 0 aliphatic carbocycles. The first-order valence-corrected chi connectivity index (χ1v) is 3.40. The van der Waals surface area contributed by atoms with E-state index in [1.54, 1.807) is 0 Å². The third-order valence-corrected chi connectivity index (χ3v) is 0. The molecule has 0 radical (unpaired) electrons. The van der Waals surface area contributed by atoms with Crippen molar-refractivity contribution in [3.63, 3.8) is 0 Å². The van der Waals surface area contributed by atoms with E-state index in [0.29, 0.717) is 0 Å². The van der Waals surface area contributed by atoms with Crippen LogP contribution in [0.5, 0.6) is 0 Å². The maximum atomic E-state index is 4.79. The summed E-state index contributed by atoms with van der Waals surface area (Å²) >= 11 is 9.58. The van der Waals surface area contributed by atoms with Crippen LogP contribution in [0.25, 0.3) is 0 Å². The molecular formula is HCl3NaP. The molecule has 0 fully saturated rings. The van der Waals surface area contributed by atoms with Crippen molar-refractivity contribution >= 4 is 29.8 Å². The second-order valence-corrected chi connectivity index (χ2v) is 1.93. The molecule has 0 aliphatic heterocycles. The number of hydrogen-bond donors (Lipinski definition) is 0. The van der Waals surface area contributed by atoms with Crippen molar-refractivity contribution < 1.29 is 42.0 Å². The minimum Gasteiger partial charge on any atom is -1.00 e. The molecule has 0 unspecified atom stereocenters. The summed E-state index contributed by atoms with van der Waals surface area (Å²) in [5.74, 6) is 0. The fourth-order valence-corrected chi connectivity index (χ4v) is 0. The molecule has 0 bridgehead atoms. The SMILES string of the molecule is ClPCl.[Cl-].[Na+]. The average molecular weight is 161 g/mol. The zero-order chi connectivity index (χ0) is 2.71. The van der Waals surface area contributed by atoms with Crippen LogP contribution in [-0.2, 0) is 0 Å². The molecule has 0 rings (SSSR count). The molecule has 0 N–H and O–H groups in total. The molecule has 0 aliphatic rings. The van der Waals surface area contributed by atoms with Crippen molar-refractivity contribution in [2.24, 2.45) is 0 Å². The standard InChI is InChI=1S/Cl2HP.ClH.Na/c1-3-2;;/h3H;1H;/q;;+1/p-1. The van der Waals surface area contributed by atoms with Crippen molar-refractivity contribution in [2.75, 3.05) is 0 Å². The molecule has 0 nitrogen and oxygen atoms in total. The molecule has 0 saturated carbocycles. The van der Waals surface area contributed by atoms with Gasteiger partial charge >= 0.3 is 29.6 Å². The number of hydrogen-bond acceptors (Lipinski definition) is 0. The van der Waals surface area contributed by atoms with Gasteiger partial charge in [-0.2, -0.15) is 0 Å². The molecule has 0 aromatic heterocycles. The topological polar surface area (TPSA) is 0 Å². The van der Waals surface area contributed by atoms with Crippen molar-refractivity contribution in [3.05, 3.63) is 0 Å². The van der Waals surface area contributed by atoms with Crippen LogP contribution in [0.1, 0.15) is 0 Å². The van der Waals surface area contributed by atoms with Crippen LogP contribution in [0.2, 0.25) is 0 Å². The summed E-state index contributed by atoms with van der Waals surface area (Å²) in [7, 11) is 0.0278. The van der Waals surface area contributed by atoms with Crippen LogP contribution in [-0.4, -0.2) is 0 Å². The van der Waals surface area contributed by atoms with Crippen molar-refractivity contribution in [1.29, 1.82) is 0 Å². The van der Waals surface area contributed by atoms with E-state index in [2.05, 4.69) is 0 Å². The van der Waals surface area contributed by atoms with E-state index in [-0.39, 0.29) is 49.3 Å². The molecule has 0 aromatic carbocycles. The van der Waals surface area contributed by atoms with E-state index >= 15 is 0 Å². The van der Waals surface area contributed by atoms with E-state index < -0.39 is 0 Å². The van der Waals surface area contributed by atoms with Gasteiger partial charge in [-0.25, -0.2) is 0 Å². The maximum absolute atomic E-state index is 4.79. The van der Waals surface area contributed by atoms with Gasteiger partial charge in [-0.1, -0.05) is 22.5 Å². The Bertz CT molecular complexity index is 6.85. The van der Waals surface area contributed by atoms with E-state index in [9.17, 15) is 0 Å². The monoisotopic (exact) mass is 160 g/mol. The molecule has 0 atom stereocenters. The third kappa shape index (κ3) is 22.0. The fourth-order valence-electron chi connectivity index (χ4n) is 0. The van der Waals surface area contributed by atoms with Gasteiger partial charge in [0.25, 0.3) is 0 Å². The van der Waals surface area contributed by atoms with Gasteiger partial charge in [-0.3, -0.25) is 0 Å². The van der Waals surface area contributed by atoms with Gasteiger partial charge < -0.3 is 12.4 Å². The molecule has 5 heavy (non-hydrogen) atoms. The smallest absolute Gasteiger partial charge is 1.00 e. The molecular weight excluding hydrogens is 160 g/mol. The van der Waals surface area contributed by atoms with Gasteiger partial charge in [0, 0.05) is 0 Å². The Hall–Kier alpha value is 2.30. The second-order valence-electron chi connectivity index (χ2n) is 0.0714. The second kappa shape index (κ2) is 16.3. The van der Waals surface area contributed by atoms with Crippen LogP contribution < -0.4 is 42.0 Å². The molecule has 28 valence electrons. The number of rotatable bonds is 0. The quantitative estimate of drug-likeness (QED) is 0.251. The van der Waals surface area contributed by atoms with Gasteiger partial charge in [0.05, 0.1) is 7.29 Å². The molecule has 0 saturated heterocycles. The first-order chi connectivity index (χ1) is 1.41. The Kier molecular flexibility index (Phi) is 50.9. The van der Waals surface area contributed by atoms with Gasteiger partial charge in [0.2, 0.25) is 0 Å². The molecule has 0 aromatic rings. The van der Waals surface area contributed by atoms with E-state index in [1.807, 2.05) is 0 Å². The summed E-state index contributed by atoms with van der Waals surface area (Å²) in [6.07, 6.45) is 0. The van der Waals surface area contributed by atoms with Gasteiger partial charge in [-0.05, 0) is 0 Å². The maximum Gasteiger partial charge on any atom is 1.00 e. The van der Waals surface area contributed by atoms with Crippen molar-refractivity contribution in [2.45, 2.75) is 0 Å². The molecule has 0 amide bonds. The minimum atomic E-state index is 0. The summed E-state index contributed by atoms with van der Waals surface area (Å²) in [5.41, 5.74) is 0. The largest absolute Gasteiger partial charge is 1.00 e. The van der Waals surface area contributed by atoms with Crippen LogP contribution in [0.3, 0.4) is 0 Å². The summed E-state index contributed by atoms with van der Waals surface area (Å²) < 4.78 is 0. The predicted molar refractivity (Wildman–Crippen MR) is 20.0 cm³/mol. The Labute approximate surface area is 71.0 Å². The summed E-state index contributed by atoms with van der Waals surface area (Å²) in [6, 6.07) is 0. The van der Waals surface area contributed by atoms with Gasteiger partial charge in [0.15, 0.2) is 0 Å². The van der Waals surface area contributed by atoms with Crippen LogP contribution >= 0.6 is 29.8 Å². The van der Waals surface area contributed by atoms with E-state index in [4.69, 9.17) is 22.5 Å². The number of halogens is 3. The van der Waals surface area contributed by atoms with Crippen molar-refractivity contribution in [1.82, 2.24) is 0 Å². The van der Waals surface area contributed by atoms with Gasteiger partial charge in [0.1, 0.15) is 0 Å². The minimum absolute atomic E-state index is 0. The Morgan fingerprint density at radius 1 is 1.20 bits per heavy atom. The summed E-state index contributed by atoms with van der Waals surface area (Å²) in [4.78, 5) is 0. The first kappa shape index (κ1) is 15.7. The van der Waals surface area contributed by atoms with E-state index in [0.717, 1.165) is 0 Å². The zero-order valence-corrected chi connectivity index (χ0v) is 7.90. The normalized spacial score (nSPS) is 3.60.